The maximum atomic E-state index is 12.2. The standard InChI is InChI=1S/C13H15Cl2NO3S/c1-16(10-4-5-20(18,19)8-10)13(17)7-9-2-3-11(14)12(15)6-9/h2-3,6,10H,4-5,7-8H2,1H3/t10-/m1/s1. The summed E-state index contributed by atoms with van der Waals surface area (Å²) in [4.78, 5) is 13.7. The normalized spacial score (nSPS) is 20.9. The Labute approximate surface area is 128 Å². The third-order valence-electron chi connectivity index (χ3n) is 3.49. The highest BCUT2D eigenvalue weighted by atomic mass is 35.5. The van der Waals surface area contributed by atoms with E-state index in [0.29, 0.717) is 16.5 Å². The third kappa shape index (κ3) is 3.65. The molecule has 1 aromatic rings. The van der Waals surface area contributed by atoms with Crippen LogP contribution >= 0.6 is 23.2 Å². The lowest BCUT2D eigenvalue weighted by atomic mass is 10.1. The zero-order valence-electron chi connectivity index (χ0n) is 11.0. The van der Waals surface area contributed by atoms with Crippen LogP contribution in [0, 0.1) is 0 Å². The highest BCUT2D eigenvalue weighted by Gasteiger charge is 2.32. The lowest BCUT2D eigenvalue weighted by molar-refractivity contribution is -0.130. The van der Waals surface area contributed by atoms with Gasteiger partial charge < -0.3 is 4.90 Å². The van der Waals surface area contributed by atoms with E-state index in [1.807, 2.05) is 0 Å². The fourth-order valence-corrected chi connectivity index (χ4v) is 4.33. The van der Waals surface area contributed by atoms with E-state index in [4.69, 9.17) is 23.2 Å². The van der Waals surface area contributed by atoms with Crippen LogP contribution in [-0.2, 0) is 21.1 Å². The molecule has 1 aliphatic rings. The zero-order chi connectivity index (χ0) is 14.9. The van der Waals surface area contributed by atoms with Crippen molar-refractivity contribution in [2.45, 2.75) is 18.9 Å². The SMILES string of the molecule is CN(C(=O)Cc1ccc(Cl)c(Cl)c1)[C@@H]1CCS(=O)(=O)C1. The minimum atomic E-state index is -2.99. The number of halogens is 2. The summed E-state index contributed by atoms with van der Waals surface area (Å²) in [5.74, 6) is 0.0871. The van der Waals surface area contributed by atoms with Crippen molar-refractivity contribution in [2.75, 3.05) is 18.6 Å². The molecule has 4 nitrogen and oxygen atoms in total. The first-order chi connectivity index (χ1) is 9.28. The summed E-state index contributed by atoms with van der Waals surface area (Å²) in [6.07, 6.45) is 0.690. The second kappa shape index (κ2) is 5.92. The molecule has 0 saturated carbocycles. The number of carbonyl (C=O) groups excluding carboxylic acids is 1. The first kappa shape index (κ1) is 15.6. The molecular formula is C13H15Cl2NO3S. The number of amides is 1. The van der Waals surface area contributed by atoms with Crippen molar-refractivity contribution >= 4 is 38.9 Å². The predicted octanol–water partition coefficient (Wildman–Crippen LogP) is 2.18. The molecule has 7 heteroatoms. The summed E-state index contributed by atoms with van der Waals surface area (Å²) in [5, 5.41) is 0.848. The molecule has 1 amide bonds. The van der Waals surface area contributed by atoms with Gasteiger partial charge in [-0.3, -0.25) is 4.79 Å². The van der Waals surface area contributed by atoms with Crippen LogP contribution in [0.2, 0.25) is 10.0 Å². The van der Waals surface area contributed by atoms with Gasteiger partial charge in [0.15, 0.2) is 9.84 Å². The van der Waals surface area contributed by atoms with Crippen LogP contribution in [0.25, 0.3) is 0 Å². The highest BCUT2D eigenvalue weighted by Crippen LogP contribution is 2.23. The number of nitrogens with zero attached hydrogens (tertiary/aromatic N) is 1. The van der Waals surface area contributed by atoms with E-state index in [1.54, 1.807) is 25.2 Å². The smallest absolute Gasteiger partial charge is 0.227 e. The second-order valence-electron chi connectivity index (χ2n) is 4.99. The monoisotopic (exact) mass is 335 g/mol. The minimum absolute atomic E-state index is 0.0522. The summed E-state index contributed by atoms with van der Waals surface area (Å²) in [6.45, 7) is 0. The largest absolute Gasteiger partial charge is 0.341 e. The van der Waals surface area contributed by atoms with Crippen molar-refractivity contribution in [1.82, 2.24) is 4.90 Å². The molecule has 1 heterocycles. The lowest BCUT2D eigenvalue weighted by Gasteiger charge is -2.23. The van der Waals surface area contributed by atoms with Crippen LogP contribution in [0.5, 0.6) is 0 Å². The van der Waals surface area contributed by atoms with Gasteiger partial charge in [-0.15, -0.1) is 0 Å². The van der Waals surface area contributed by atoms with Gasteiger partial charge in [0, 0.05) is 13.1 Å². The van der Waals surface area contributed by atoms with Crippen LogP contribution in [0.1, 0.15) is 12.0 Å². The topological polar surface area (TPSA) is 54.5 Å². The van der Waals surface area contributed by atoms with E-state index in [1.165, 1.54) is 4.90 Å². The van der Waals surface area contributed by atoms with Crippen molar-refractivity contribution in [3.63, 3.8) is 0 Å². The minimum Gasteiger partial charge on any atom is -0.341 e. The Morgan fingerprint density at radius 1 is 1.35 bits per heavy atom. The number of rotatable bonds is 3. The van der Waals surface area contributed by atoms with Crippen molar-refractivity contribution in [3.8, 4) is 0 Å². The van der Waals surface area contributed by atoms with E-state index in [2.05, 4.69) is 0 Å². The summed E-state index contributed by atoms with van der Waals surface area (Å²) in [7, 11) is -1.35. The Morgan fingerprint density at radius 2 is 2.05 bits per heavy atom. The Hall–Kier alpha value is -0.780. The summed E-state index contributed by atoms with van der Waals surface area (Å²) in [5.41, 5.74) is 0.761. The highest BCUT2D eigenvalue weighted by molar-refractivity contribution is 7.91. The molecule has 110 valence electrons. The first-order valence-corrected chi connectivity index (χ1v) is 8.76. The van der Waals surface area contributed by atoms with E-state index >= 15 is 0 Å². The van der Waals surface area contributed by atoms with Crippen molar-refractivity contribution in [2.24, 2.45) is 0 Å². The summed E-state index contributed by atoms with van der Waals surface area (Å²) in [6, 6.07) is 4.81. The van der Waals surface area contributed by atoms with Crippen LogP contribution in [0.4, 0.5) is 0 Å². The molecule has 0 aliphatic carbocycles. The molecule has 1 aromatic carbocycles. The van der Waals surface area contributed by atoms with Crippen LogP contribution in [0.15, 0.2) is 18.2 Å². The van der Waals surface area contributed by atoms with Gasteiger partial charge in [-0.1, -0.05) is 29.3 Å². The molecular weight excluding hydrogens is 321 g/mol. The van der Waals surface area contributed by atoms with Crippen LogP contribution in [-0.4, -0.2) is 43.8 Å². The Morgan fingerprint density at radius 3 is 2.60 bits per heavy atom. The number of likely N-dealkylation sites (N-methyl/N-ethyl adjacent to an activating group) is 1. The van der Waals surface area contributed by atoms with Gasteiger partial charge in [0.1, 0.15) is 0 Å². The maximum absolute atomic E-state index is 12.2. The zero-order valence-corrected chi connectivity index (χ0v) is 13.3. The Bertz CT molecular complexity index is 631. The van der Waals surface area contributed by atoms with E-state index in [-0.39, 0.29) is 29.9 Å². The number of hydrogen-bond donors (Lipinski definition) is 0. The third-order valence-corrected chi connectivity index (χ3v) is 5.98. The van der Waals surface area contributed by atoms with Crippen LogP contribution in [0.3, 0.4) is 0 Å². The van der Waals surface area contributed by atoms with Crippen molar-refractivity contribution in [1.29, 1.82) is 0 Å². The van der Waals surface area contributed by atoms with Crippen LogP contribution < -0.4 is 0 Å². The summed E-state index contributed by atoms with van der Waals surface area (Å²) >= 11 is 11.7. The number of hydrogen-bond acceptors (Lipinski definition) is 3. The summed E-state index contributed by atoms with van der Waals surface area (Å²) < 4.78 is 22.9. The molecule has 2 rings (SSSR count). The van der Waals surface area contributed by atoms with Crippen molar-refractivity contribution < 1.29 is 13.2 Å². The average Bonchev–Trinajstić information content (AvgIpc) is 2.73. The molecule has 1 aliphatic heterocycles. The predicted molar refractivity (Wildman–Crippen MR) is 80.0 cm³/mol. The van der Waals surface area contributed by atoms with E-state index < -0.39 is 9.84 Å². The van der Waals surface area contributed by atoms with E-state index in [0.717, 1.165) is 5.56 Å². The van der Waals surface area contributed by atoms with Gasteiger partial charge in [0.25, 0.3) is 0 Å². The van der Waals surface area contributed by atoms with Gasteiger partial charge in [0.2, 0.25) is 5.91 Å². The molecule has 0 bridgehead atoms. The molecule has 0 unspecified atom stereocenters. The quantitative estimate of drug-likeness (QED) is 0.850. The molecule has 1 fully saturated rings. The van der Waals surface area contributed by atoms with Gasteiger partial charge in [-0.05, 0) is 24.1 Å². The molecule has 1 atom stereocenters. The Kier molecular flexibility index (Phi) is 4.62. The molecule has 0 N–H and O–H groups in total. The van der Waals surface area contributed by atoms with Gasteiger partial charge in [0.05, 0.1) is 28.0 Å². The Balaban J connectivity index is 2.02. The van der Waals surface area contributed by atoms with Gasteiger partial charge in [-0.2, -0.15) is 0 Å². The number of sulfone groups is 1. The fraction of sp³-hybridized carbons (Fsp3) is 0.462. The van der Waals surface area contributed by atoms with Gasteiger partial charge >= 0.3 is 0 Å². The average molecular weight is 336 g/mol. The number of carbonyl (C=O) groups is 1. The second-order valence-corrected chi connectivity index (χ2v) is 8.03. The molecule has 1 saturated heterocycles. The van der Waals surface area contributed by atoms with Crippen molar-refractivity contribution in [3.05, 3.63) is 33.8 Å². The van der Waals surface area contributed by atoms with Gasteiger partial charge in [-0.25, -0.2) is 8.42 Å². The van der Waals surface area contributed by atoms with E-state index in [9.17, 15) is 13.2 Å². The molecule has 0 radical (unpaired) electrons. The number of benzene rings is 1. The fourth-order valence-electron chi connectivity index (χ4n) is 2.23. The first-order valence-electron chi connectivity index (χ1n) is 6.18. The lowest BCUT2D eigenvalue weighted by Crippen LogP contribution is -2.38. The maximum Gasteiger partial charge on any atom is 0.227 e. The molecule has 0 spiro atoms. The molecule has 20 heavy (non-hydrogen) atoms. The molecule has 0 aromatic heterocycles.